The minimum atomic E-state index is 0.000648. The van der Waals surface area contributed by atoms with E-state index in [1.165, 1.54) is 0 Å². The van der Waals surface area contributed by atoms with E-state index in [4.69, 9.17) is 4.42 Å². The summed E-state index contributed by atoms with van der Waals surface area (Å²) in [5.74, 6) is 0.423. The van der Waals surface area contributed by atoms with E-state index in [-0.39, 0.29) is 5.91 Å². The third-order valence-electron chi connectivity index (χ3n) is 2.60. The Bertz CT molecular complexity index is 348. The van der Waals surface area contributed by atoms with E-state index in [1.807, 2.05) is 4.90 Å². The summed E-state index contributed by atoms with van der Waals surface area (Å²) in [6.07, 6.45) is 2.18. The van der Waals surface area contributed by atoms with E-state index in [0.29, 0.717) is 16.5 Å². The van der Waals surface area contributed by atoms with E-state index < -0.39 is 0 Å². The summed E-state index contributed by atoms with van der Waals surface area (Å²) in [4.78, 5) is 13.7. The van der Waals surface area contributed by atoms with Crippen LogP contribution in [0.4, 0.5) is 0 Å². The van der Waals surface area contributed by atoms with Crippen LogP contribution in [0.1, 0.15) is 30.3 Å². The van der Waals surface area contributed by atoms with Gasteiger partial charge in [0.2, 0.25) is 0 Å². The first-order valence-electron chi connectivity index (χ1n) is 4.75. The lowest BCUT2D eigenvalue weighted by Crippen LogP contribution is -2.33. The molecule has 1 amide bonds. The smallest absolute Gasteiger partial charge is 0.289 e. The second kappa shape index (κ2) is 3.77. The molecule has 2 heterocycles. The molecule has 1 unspecified atom stereocenters. The van der Waals surface area contributed by atoms with Crippen LogP contribution >= 0.6 is 15.9 Å². The van der Waals surface area contributed by atoms with Crippen LogP contribution in [0.15, 0.2) is 21.2 Å². The van der Waals surface area contributed by atoms with Crippen molar-refractivity contribution in [2.75, 3.05) is 6.54 Å². The van der Waals surface area contributed by atoms with Gasteiger partial charge in [-0.25, -0.2) is 0 Å². The van der Waals surface area contributed by atoms with E-state index in [1.54, 1.807) is 12.1 Å². The largest absolute Gasteiger partial charge is 0.444 e. The molecule has 76 valence electrons. The average molecular weight is 258 g/mol. The first-order chi connectivity index (χ1) is 6.68. The summed E-state index contributed by atoms with van der Waals surface area (Å²) in [6, 6.07) is 3.79. The zero-order valence-electron chi connectivity index (χ0n) is 8.00. The number of furan rings is 1. The lowest BCUT2D eigenvalue weighted by atomic mass is 10.2. The van der Waals surface area contributed by atoms with Crippen LogP contribution in [-0.4, -0.2) is 23.4 Å². The molecule has 1 aromatic heterocycles. The summed E-state index contributed by atoms with van der Waals surface area (Å²) in [5, 5.41) is 0. The highest BCUT2D eigenvalue weighted by Crippen LogP contribution is 2.21. The van der Waals surface area contributed by atoms with Gasteiger partial charge in [-0.3, -0.25) is 4.79 Å². The van der Waals surface area contributed by atoms with Gasteiger partial charge in [-0.2, -0.15) is 0 Å². The Morgan fingerprint density at radius 3 is 2.93 bits per heavy atom. The number of carbonyl (C=O) groups excluding carboxylic acids is 1. The molecule has 3 nitrogen and oxygen atoms in total. The molecule has 2 rings (SSSR count). The van der Waals surface area contributed by atoms with Crippen molar-refractivity contribution in [1.29, 1.82) is 0 Å². The SMILES string of the molecule is CC1CCCN1C(=O)c1ccc(Br)o1. The third kappa shape index (κ3) is 1.71. The van der Waals surface area contributed by atoms with Gasteiger partial charge in [0.1, 0.15) is 0 Å². The maximum atomic E-state index is 11.9. The molecule has 14 heavy (non-hydrogen) atoms. The Labute approximate surface area is 91.2 Å². The number of amides is 1. The number of rotatable bonds is 1. The van der Waals surface area contributed by atoms with Gasteiger partial charge in [0.05, 0.1) is 0 Å². The first kappa shape index (κ1) is 9.77. The molecular weight excluding hydrogens is 246 g/mol. The summed E-state index contributed by atoms with van der Waals surface area (Å²) in [7, 11) is 0. The van der Waals surface area contributed by atoms with Gasteiger partial charge in [0.15, 0.2) is 10.4 Å². The molecule has 0 N–H and O–H groups in total. The van der Waals surface area contributed by atoms with E-state index in [9.17, 15) is 4.79 Å². The second-order valence-electron chi connectivity index (χ2n) is 3.59. The molecule has 1 fully saturated rings. The van der Waals surface area contributed by atoms with Crippen molar-refractivity contribution in [1.82, 2.24) is 4.90 Å². The van der Waals surface area contributed by atoms with Crippen LogP contribution in [0.2, 0.25) is 0 Å². The van der Waals surface area contributed by atoms with Crippen LogP contribution in [0.5, 0.6) is 0 Å². The highest BCUT2D eigenvalue weighted by molar-refractivity contribution is 9.10. The fourth-order valence-corrected chi connectivity index (χ4v) is 2.11. The average Bonchev–Trinajstić information content (AvgIpc) is 2.73. The predicted octanol–water partition coefficient (Wildman–Crippen LogP) is 2.67. The van der Waals surface area contributed by atoms with Crippen molar-refractivity contribution in [3.63, 3.8) is 0 Å². The van der Waals surface area contributed by atoms with Crippen molar-refractivity contribution < 1.29 is 9.21 Å². The highest BCUT2D eigenvalue weighted by Gasteiger charge is 2.27. The molecule has 0 aliphatic carbocycles. The Morgan fingerprint density at radius 1 is 1.64 bits per heavy atom. The molecule has 4 heteroatoms. The Morgan fingerprint density at radius 2 is 2.43 bits per heavy atom. The van der Waals surface area contributed by atoms with E-state index in [2.05, 4.69) is 22.9 Å². The molecule has 0 spiro atoms. The molecule has 0 bridgehead atoms. The zero-order valence-corrected chi connectivity index (χ0v) is 9.58. The van der Waals surface area contributed by atoms with Crippen LogP contribution in [0, 0.1) is 0 Å². The highest BCUT2D eigenvalue weighted by atomic mass is 79.9. The Balaban J connectivity index is 2.15. The van der Waals surface area contributed by atoms with Gasteiger partial charge in [-0.1, -0.05) is 0 Å². The molecule has 0 radical (unpaired) electrons. The summed E-state index contributed by atoms with van der Waals surface area (Å²) in [6.45, 7) is 2.92. The topological polar surface area (TPSA) is 33.5 Å². The Hall–Kier alpha value is -0.770. The van der Waals surface area contributed by atoms with Gasteiger partial charge < -0.3 is 9.32 Å². The molecule has 1 atom stereocenters. The van der Waals surface area contributed by atoms with Crippen LogP contribution in [0.3, 0.4) is 0 Å². The number of carbonyl (C=O) groups is 1. The first-order valence-corrected chi connectivity index (χ1v) is 5.54. The van der Waals surface area contributed by atoms with Gasteiger partial charge in [0, 0.05) is 12.6 Å². The fourth-order valence-electron chi connectivity index (χ4n) is 1.81. The van der Waals surface area contributed by atoms with Gasteiger partial charge in [0.25, 0.3) is 5.91 Å². The zero-order chi connectivity index (χ0) is 10.1. The van der Waals surface area contributed by atoms with Crippen molar-refractivity contribution in [3.8, 4) is 0 Å². The predicted molar refractivity (Wildman–Crippen MR) is 56.1 cm³/mol. The minimum absolute atomic E-state index is 0.000648. The summed E-state index contributed by atoms with van der Waals surface area (Å²) < 4.78 is 5.84. The summed E-state index contributed by atoms with van der Waals surface area (Å²) >= 11 is 3.19. The van der Waals surface area contributed by atoms with E-state index >= 15 is 0 Å². The maximum Gasteiger partial charge on any atom is 0.289 e. The molecule has 1 aliphatic heterocycles. The number of likely N-dealkylation sites (tertiary alicyclic amines) is 1. The lowest BCUT2D eigenvalue weighted by Gasteiger charge is -2.19. The molecule has 0 aromatic carbocycles. The molecule has 1 saturated heterocycles. The quantitative estimate of drug-likeness (QED) is 0.775. The van der Waals surface area contributed by atoms with Crippen molar-refractivity contribution in [3.05, 3.63) is 22.6 Å². The molecular formula is C10H12BrNO2. The van der Waals surface area contributed by atoms with Crippen LogP contribution in [0.25, 0.3) is 0 Å². The second-order valence-corrected chi connectivity index (χ2v) is 4.38. The standard InChI is InChI=1S/C10H12BrNO2/c1-7-3-2-6-12(7)10(13)8-4-5-9(11)14-8/h4-5,7H,2-3,6H2,1H3. The van der Waals surface area contributed by atoms with Gasteiger partial charge in [-0.05, 0) is 47.8 Å². The monoisotopic (exact) mass is 257 g/mol. The van der Waals surface area contributed by atoms with E-state index in [0.717, 1.165) is 19.4 Å². The molecule has 0 saturated carbocycles. The molecule has 1 aliphatic rings. The number of halogens is 1. The third-order valence-corrected chi connectivity index (χ3v) is 3.02. The van der Waals surface area contributed by atoms with Crippen LogP contribution in [-0.2, 0) is 0 Å². The van der Waals surface area contributed by atoms with Crippen molar-refractivity contribution in [2.45, 2.75) is 25.8 Å². The van der Waals surface area contributed by atoms with Crippen LogP contribution < -0.4 is 0 Å². The van der Waals surface area contributed by atoms with Gasteiger partial charge >= 0.3 is 0 Å². The lowest BCUT2D eigenvalue weighted by molar-refractivity contribution is 0.0714. The van der Waals surface area contributed by atoms with Crippen molar-refractivity contribution >= 4 is 21.8 Å². The van der Waals surface area contributed by atoms with Crippen molar-refractivity contribution in [2.24, 2.45) is 0 Å². The van der Waals surface area contributed by atoms with Gasteiger partial charge in [-0.15, -0.1) is 0 Å². The number of nitrogens with zero attached hydrogens (tertiary/aromatic N) is 1. The molecule has 1 aromatic rings. The number of hydrogen-bond donors (Lipinski definition) is 0. The number of hydrogen-bond acceptors (Lipinski definition) is 2. The summed E-state index contributed by atoms with van der Waals surface area (Å²) in [5.41, 5.74) is 0. The Kier molecular flexibility index (Phi) is 2.63. The normalized spacial score (nSPS) is 21.6. The minimum Gasteiger partial charge on any atom is -0.444 e. The maximum absolute atomic E-state index is 11.9. The fraction of sp³-hybridized carbons (Fsp3) is 0.500.